The molecule has 47 heavy (non-hydrogen) atoms. The van der Waals surface area contributed by atoms with Crippen molar-refractivity contribution in [3.63, 3.8) is 0 Å². The highest BCUT2D eigenvalue weighted by atomic mass is 16.5. The number of fused-ring (bicyclic) bond motifs is 1. The van der Waals surface area contributed by atoms with Gasteiger partial charge in [-0.1, -0.05) is 44.2 Å². The molecule has 2 N–H and O–H groups in total. The quantitative estimate of drug-likeness (QED) is 0.197. The van der Waals surface area contributed by atoms with Gasteiger partial charge in [-0.2, -0.15) is 0 Å². The van der Waals surface area contributed by atoms with Gasteiger partial charge in [0.2, 0.25) is 23.5 Å². The van der Waals surface area contributed by atoms with Crippen LogP contribution in [0, 0.1) is 5.92 Å². The molecule has 2 aromatic carbocycles. The number of oxazole rings is 1. The Hall–Kier alpha value is -5.86. The first-order valence-electron chi connectivity index (χ1n) is 14.6. The molecular formula is C32H33N7O8. The van der Waals surface area contributed by atoms with E-state index in [1.54, 1.807) is 83.3 Å². The van der Waals surface area contributed by atoms with Crippen molar-refractivity contribution < 1.29 is 32.7 Å². The third-order valence-electron chi connectivity index (χ3n) is 7.37. The zero-order chi connectivity index (χ0) is 33.9. The minimum Gasteiger partial charge on any atom is -0.497 e. The largest absolute Gasteiger partial charge is 0.497 e. The fraction of sp³-hybridized carbons (Fsp3) is 0.312. The van der Waals surface area contributed by atoms with Gasteiger partial charge in [0.05, 0.1) is 26.5 Å². The van der Waals surface area contributed by atoms with Crippen molar-refractivity contribution >= 4 is 34.6 Å². The second kappa shape index (κ2) is 13.2. The molecule has 1 atom stereocenters. The van der Waals surface area contributed by atoms with E-state index in [-0.39, 0.29) is 29.2 Å². The second-order valence-electron chi connectivity index (χ2n) is 11.4. The summed E-state index contributed by atoms with van der Waals surface area (Å²) in [6.45, 7) is 6.48. The van der Waals surface area contributed by atoms with E-state index in [0.29, 0.717) is 22.4 Å². The van der Waals surface area contributed by atoms with Crippen LogP contribution in [0.25, 0.3) is 22.5 Å². The van der Waals surface area contributed by atoms with E-state index in [4.69, 9.17) is 13.6 Å². The summed E-state index contributed by atoms with van der Waals surface area (Å²) in [7, 11) is 2.70. The molecular weight excluding hydrogens is 610 g/mol. The maximum atomic E-state index is 13.6. The Bertz CT molecular complexity index is 2000. The lowest BCUT2D eigenvalue weighted by molar-refractivity contribution is -0.122. The summed E-state index contributed by atoms with van der Waals surface area (Å²) in [4.78, 5) is 61.1. The third-order valence-corrected chi connectivity index (χ3v) is 7.37. The van der Waals surface area contributed by atoms with Gasteiger partial charge in [0, 0.05) is 11.6 Å². The second-order valence-corrected chi connectivity index (χ2v) is 11.4. The fourth-order valence-corrected chi connectivity index (χ4v) is 4.70. The zero-order valence-corrected chi connectivity index (χ0v) is 26.6. The van der Waals surface area contributed by atoms with Crippen LogP contribution in [0.4, 0.5) is 10.5 Å². The van der Waals surface area contributed by atoms with Gasteiger partial charge < -0.3 is 23.6 Å². The molecule has 0 radical (unpaired) electrons. The number of hydrogen-bond acceptors (Lipinski definition) is 12. The molecule has 244 valence electrons. The SMILES string of the molecule is COC(=O)Nc1cnc(-c2ccccc2)n(CC(=O)N[C@@H](C(=O)c2nnc(C(C)(C)c3nc4cc(OC)ccc4o3)o2)C(C)C)c1=O. The summed E-state index contributed by atoms with van der Waals surface area (Å²) in [5, 5.41) is 13.1. The van der Waals surface area contributed by atoms with Gasteiger partial charge in [0.15, 0.2) is 5.58 Å². The first kappa shape index (κ1) is 32.5. The normalized spacial score (nSPS) is 12.1. The summed E-state index contributed by atoms with van der Waals surface area (Å²) >= 11 is 0. The number of rotatable bonds is 11. The van der Waals surface area contributed by atoms with Crippen molar-refractivity contribution in [2.75, 3.05) is 19.5 Å². The number of carbonyl (C=O) groups excluding carboxylic acids is 3. The van der Waals surface area contributed by atoms with Gasteiger partial charge >= 0.3 is 6.09 Å². The Morgan fingerprint density at radius 3 is 2.43 bits per heavy atom. The van der Waals surface area contributed by atoms with E-state index >= 15 is 0 Å². The molecule has 0 aliphatic rings. The summed E-state index contributed by atoms with van der Waals surface area (Å²) in [5.74, 6) is -0.867. The number of anilines is 1. The number of carbonyl (C=O) groups is 3. The van der Waals surface area contributed by atoms with Crippen LogP contribution in [0.1, 0.15) is 50.2 Å². The lowest BCUT2D eigenvalue weighted by Gasteiger charge is -2.21. The first-order chi connectivity index (χ1) is 22.4. The highest BCUT2D eigenvalue weighted by molar-refractivity contribution is 5.98. The average molecular weight is 644 g/mol. The number of Topliss-reactive ketones (excluding diaryl/α,β-unsaturated/α-hetero) is 1. The van der Waals surface area contributed by atoms with Gasteiger partial charge in [0.25, 0.3) is 11.4 Å². The number of aromatic nitrogens is 5. The van der Waals surface area contributed by atoms with E-state index in [1.807, 2.05) is 0 Å². The summed E-state index contributed by atoms with van der Waals surface area (Å²) in [6.07, 6.45) is 0.305. The Balaban J connectivity index is 1.38. The first-order valence-corrected chi connectivity index (χ1v) is 14.6. The molecule has 0 aliphatic carbocycles. The fourth-order valence-electron chi connectivity index (χ4n) is 4.70. The molecule has 0 saturated heterocycles. The molecule has 0 unspecified atom stereocenters. The van der Waals surface area contributed by atoms with Crippen molar-refractivity contribution in [3.8, 4) is 17.1 Å². The van der Waals surface area contributed by atoms with Crippen LogP contribution >= 0.6 is 0 Å². The molecule has 3 heterocycles. The molecule has 5 rings (SSSR count). The molecule has 0 saturated carbocycles. The smallest absolute Gasteiger partial charge is 0.411 e. The van der Waals surface area contributed by atoms with Crippen LogP contribution in [-0.4, -0.2) is 62.8 Å². The van der Waals surface area contributed by atoms with Crippen molar-refractivity contribution in [1.29, 1.82) is 0 Å². The van der Waals surface area contributed by atoms with Crippen molar-refractivity contribution in [1.82, 2.24) is 30.0 Å². The van der Waals surface area contributed by atoms with Gasteiger partial charge in [-0.25, -0.2) is 14.8 Å². The molecule has 5 aromatic rings. The van der Waals surface area contributed by atoms with Crippen molar-refractivity contribution in [2.45, 2.75) is 45.7 Å². The lowest BCUT2D eigenvalue weighted by Crippen LogP contribution is -2.46. The molecule has 0 spiro atoms. The van der Waals surface area contributed by atoms with E-state index in [1.165, 1.54) is 6.20 Å². The number of nitrogens with one attached hydrogen (secondary N) is 2. The zero-order valence-electron chi connectivity index (χ0n) is 26.6. The van der Waals surface area contributed by atoms with Gasteiger partial charge in [-0.3, -0.25) is 24.3 Å². The monoisotopic (exact) mass is 643 g/mol. The molecule has 0 aliphatic heterocycles. The number of amides is 2. The third kappa shape index (κ3) is 6.73. The summed E-state index contributed by atoms with van der Waals surface area (Å²) in [5.41, 5.74) is -0.254. The summed E-state index contributed by atoms with van der Waals surface area (Å²) in [6, 6.07) is 12.9. The van der Waals surface area contributed by atoms with E-state index in [9.17, 15) is 19.2 Å². The molecule has 0 bridgehead atoms. The number of ketones is 1. The number of ether oxygens (including phenoxy) is 2. The Labute approximate surface area is 268 Å². The minimum atomic E-state index is -1.09. The lowest BCUT2D eigenvalue weighted by atomic mass is 9.93. The van der Waals surface area contributed by atoms with Gasteiger partial charge in [-0.05, 0) is 31.9 Å². The van der Waals surface area contributed by atoms with Crippen molar-refractivity contribution in [2.24, 2.45) is 5.92 Å². The Morgan fingerprint density at radius 2 is 1.74 bits per heavy atom. The highest BCUT2D eigenvalue weighted by Crippen LogP contribution is 2.33. The topological polar surface area (TPSA) is 194 Å². The molecule has 2 amide bonds. The number of hydrogen-bond donors (Lipinski definition) is 2. The van der Waals surface area contributed by atoms with Crippen LogP contribution < -0.4 is 20.9 Å². The highest BCUT2D eigenvalue weighted by Gasteiger charge is 2.37. The van der Waals surface area contributed by atoms with Crippen LogP contribution in [0.2, 0.25) is 0 Å². The van der Waals surface area contributed by atoms with E-state index in [0.717, 1.165) is 11.7 Å². The summed E-state index contributed by atoms with van der Waals surface area (Å²) < 4.78 is 22.7. The number of benzene rings is 2. The van der Waals surface area contributed by atoms with Crippen LogP contribution in [-0.2, 0) is 21.5 Å². The van der Waals surface area contributed by atoms with Crippen LogP contribution in [0.3, 0.4) is 0 Å². The Morgan fingerprint density at radius 1 is 1.00 bits per heavy atom. The van der Waals surface area contributed by atoms with E-state index < -0.39 is 47.3 Å². The van der Waals surface area contributed by atoms with Gasteiger partial charge in [0.1, 0.15) is 34.7 Å². The average Bonchev–Trinajstić information content (AvgIpc) is 3.74. The Kier molecular flexibility index (Phi) is 9.17. The molecule has 15 nitrogen and oxygen atoms in total. The van der Waals surface area contributed by atoms with Crippen molar-refractivity contribution in [3.05, 3.63) is 82.8 Å². The predicted molar refractivity (Wildman–Crippen MR) is 168 cm³/mol. The maximum Gasteiger partial charge on any atom is 0.411 e. The van der Waals surface area contributed by atoms with Crippen LogP contribution in [0.5, 0.6) is 5.75 Å². The van der Waals surface area contributed by atoms with E-state index in [2.05, 4.69) is 35.5 Å². The minimum absolute atomic E-state index is 0.0771. The molecule has 3 aromatic heterocycles. The molecule has 0 fully saturated rings. The standard InChI is InChI=1S/C32H33N7O8/c1-17(2)24(25(41)27-37-38-30(47-27)32(3,4)29-34-20-14-19(44-5)12-13-22(20)46-29)36-23(40)16-39-26(18-10-8-7-9-11-18)33-15-21(28(39)42)35-31(43)45-6/h7-15,17,24H,16H2,1-6H3,(H,35,43)(H,36,40)/t24-/m1/s1. The maximum absolute atomic E-state index is 13.6. The van der Waals surface area contributed by atoms with Crippen LogP contribution in [0.15, 0.2) is 68.4 Å². The predicted octanol–water partition coefficient (Wildman–Crippen LogP) is 3.97. The molecule has 15 heteroatoms. The number of methoxy groups -OCH3 is 2. The van der Waals surface area contributed by atoms with Gasteiger partial charge in [-0.15, -0.1) is 10.2 Å². The number of nitrogens with zero attached hydrogens (tertiary/aromatic N) is 5.